The SMILES string of the molecule is O=Cc1c(OCOCCO)cccc1OCc1ccc(C(=O)O)cc1.OCCO. The molecule has 0 spiro atoms. The summed E-state index contributed by atoms with van der Waals surface area (Å²) in [6.45, 7) is -0.153. The van der Waals surface area contributed by atoms with Crippen LogP contribution in [-0.2, 0) is 11.3 Å². The molecule has 2 aromatic rings. The van der Waals surface area contributed by atoms with Crippen LogP contribution in [0.2, 0.25) is 0 Å². The number of ether oxygens (including phenoxy) is 3. The molecule has 0 atom stereocenters. The van der Waals surface area contributed by atoms with Crippen LogP contribution in [0, 0.1) is 0 Å². The highest BCUT2D eigenvalue weighted by atomic mass is 16.7. The van der Waals surface area contributed by atoms with E-state index in [2.05, 4.69) is 0 Å². The number of carboxylic acid groups (broad SMARTS) is 1. The summed E-state index contributed by atoms with van der Waals surface area (Å²) in [6.07, 6.45) is 0.629. The van der Waals surface area contributed by atoms with Crippen molar-refractivity contribution in [3.8, 4) is 11.5 Å². The fourth-order valence-electron chi connectivity index (χ4n) is 2.03. The Labute approximate surface area is 167 Å². The lowest BCUT2D eigenvalue weighted by Crippen LogP contribution is -2.08. The fraction of sp³-hybridized carbons (Fsp3) is 0.300. The van der Waals surface area contributed by atoms with E-state index in [9.17, 15) is 9.59 Å². The van der Waals surface area contributed by atoms with E-state index in [1.807, 2.05) is 0 Å². The molecule has 4 N–H and O–H groups in total. The molecule has 158 valence electrons. The molecule has 0 radical (unpaired) electrons. The Kier molecular flexibility index (Phi) is 11.7. The smallest absolute Gasteiger partial charge is 0.335 e. The number of carbonyl (C=O) groups is 2. The number of benzene rings is 2. The van der Waals surface area contributed by atoms with E-state index >= 15 is 0 Å². The van der Waals surface area contributed by atoms with Gasteiger partial charge in [-0.2, -0.15) is 0 Å². The number of aliphatic hydroxyl groups excluding tert-OH is 3. The number of aliphatic hydroxyl groups is 3. The highest BCUT2D eigenvalue weighted by Gasteiger charge is 2.11. The molecule has 9 heteroatoms. The van der Waals surface area contributed by atoms with E-state index in [-0.39, 0.29) is 51.0 Å². The monoisotopic (exact) mass is 408 g/mol. The molecule has 9 nitrogen and oxygen atoms in total. The van der Waals surface area contributed by atoms with Gasteiger partial charge in [0.05, 0.1) is 37.6 Å². The molecule has 29 heavy (non-hydrogen) atoms. The van der Waals surface area contributed by atoms with Crippen molar-refractivity contribution < 1.29 is 44.2 Å². The Hall–Kier alpha value is -2.98. The molecule has 0 saturated heterocycles. The molecule has 0 saturated carbocycles. The number of aldehydes is 1. The highest BCUT2D eigenvalue weighted by Crippen LogP contribution is 2.27. The lowest BCUT2D eigenvalue weighted by molar-refractivity contribution is -0.00139. The van der Waals surface area contributed by atoms with E-state index in [4.69, 9.17) is 34.6 Å². The van der Waals surface area contributed by atoms with Crippen LogP contribution >= 0.6 is 0 Å². The first kappa shape index (κ1) is 24.1. The van der Waals surface area contributed by atoms with Crippen LogP contribution < -0.4 is 9.47 Å². The summed E-state index contributed by atoms with van der Waals surface area (Å²) in [5.41, 5.74) is 1.20. The standard InChI is InChI=1S/C18H18O7.C2H6O2/c19-8-9-23-12-25-17-3-1-2-16(15(17)10-20)24-11-13-4-6-14(7-5-13)18(21)22;3-1-2-4/h1-7,10,19H,8-9,11-12H2,(H,21,22);3-4H,1-2H2. The van der Waals surface area contributed by atoms with Gasteiger partial charge in [-0.15, -0.1) is 0 Å². The van der Waals surface area contributed by atoms with E-state index in [0.29, 0.717) is 17.8 Å². The maximum atomic E-state index is 11.4. The highest BCUT2D eigenvalue weighted by molar-refractivity contribution is 5.87. The van der Waals surface area contributed by atoms with Gasteiger partial charge in [-0.05, 0) is 29.8 Å². The third-order valence-corrected chi connectivity index (χ3v) is 3.37. The molecular formula is C20H24O9. The fourth-order valence-corrected chi connectivity index (χ4v) is 2.03. The van der Waals surface area contributed by atoms with E-state index in [1.54, 1.807) is 30.3 Å². The van der Waals surface area contributed by atoms with Gasteiger partial charge in [0.25, 0.3) is 0 Å². The molecule has 0 aliphatic carbocycles. The summed E-state index contributed by atoms with van der Waals surface area (Å²) >= 11 is 0. The van der Waals surface area contributed by atoms with Crippen molar-refractivity contribution in [2.24, 2.45) is 0 Å². The number of carboxylic acids is 1. The molecule has 0 unspecified atom stereocenters. The second kappa shape index (κ2) is 14.1. The summed E-state index contributed by atoms with van der Waals surface area (Å²) in [7, 11) is 0. The molecule has 0 heterocycles. The average molecular weight is 408 g/mol. The minimum absolute atomic E-state index is 0.0957. The molecule has 2 rings (SSSR count). The third-order valence-electron chi connectivity index (χ3n) is 3.37. The molecule has 0 amide bonds. The molecule has 0 fully saturated rings. The third kappa shape index (κ3) is 8.71. The first-order chi connectivity index (χ1) is 14.1. The van der Waals surface area contributed by atoms with Gasteiger partial charge in [-0.3, -0.25) is 4.79 Å². The van der Waals surface area contributed by atoms with Gasteiger partial charge in [-0.1, -0.05) is 18.2 Å². The Balaban J connectivity index is 0.000000960. The summed E-state index contributed by atoms with van der Waals surface area (Å²) < 4.78 is 16.0. The largest absolute Gasteiger partial charge is 0.488 e. The van der Waals surface area contributed by atoms with Crippen molar-refractivity contribution in [1.82, 2.24) is 0 Å². The van der Waals surface area contributed by atoms with Crippen LogP contribution in [-0.4, -0.2) is 65.9 Å². The van der Waals surface area contributed by atoms with Crippen LogP contribution in [0.5, 0.6) is 11.5 Å². The summed E-state index contributed by atoms with van der Waals surface area (Å²) in [5, 5.41) is 32.8. The number of carbonyl (C=O) groups excluding carboxylic acids is 1. The molecule has 0 aliphatic heterocycles. The summed E-state index contributed by atoms with van der Waals surface area (Å²) in [6, 6.07) is 11.2. The molecule has 0 bridgehead atoms. The predicted octanol–water partition coefficient (Wildman–Crippen LogP) is 1.09. The minimum Gasteiger partial charge on any atom is -0.488 e. The van der Waals surface area contributed by atoms with Gasteiger partial charge in [-0.25, -0.2) is 4.79 Å². The zero-order chi connectivity index (χ0) is 21.5. The topological polar surface area (TPSA) is 143 Å². The van der Waals surface area contributed by atoms with Gasteiger partial charge < -0.3 is 34.6 Å². The molecule has 2 aromatic carbocycles. The van der Waals surface area contributed by atoms with Gasteiger partial charge >= 0.3 is 5.97 Å². The van der Waals surface area contributed by atoms with E-state index in [1.165, 1.54) is 12.1 Å². The second-order valence-corrected chi connectivity index (χ2v) is 5.42. The zero-order valence-electron chi connectivity index (χ0n) is 15.7. The van der Waals surface area contributed by atoms with Gasteiger partial charge in [0.2, 0.25) is 0 Å². The Morgan fingerprint density at radius 3 is 2.03 bits per heavy atom. The van der Waals surface area contributed by atoms with Crippen molar-refractivity contribution in [3.05, 3.63) is 59.2 Å². The van der Waals surface area contributed by atoms with Gasteiger partial charge in [0.1, 0.15) is 18.1 Å². The van der Waals surface area contributed by atoms with Crippen molar-refractivity contribution >= 4 is 12.3 Å². The first-order valence-electron chi connectivity index (χ1n) is 8.63. The quantitative estimate of drug-likeness (QED) is 0.244. The van der Waals surface area contributed by atoms with Crippen molar-refractivity contribution in [1.29, 1.82) is 0 Å². The number of hydrogen-bond donors (Lipinski definition) is 4. The van der Waals surface area contributed by atoms with E-state index in [0.717, 1.165) is 5.56 Å². The maximum absolute atomic E-state index is 11.4. The lowest BCUT2D eigenvalue weighted by atomic mass is 10.1. The second-order valence-electron chi connectivity index (χ2n) is 5.42. The molecule has 0 aromatic heterocycles. The number of hydrogen-bond acceptors (Lipinski definition) is 8. The minimum atomic E-state index is -0.996. The van der Waals surface area contributed by atoms with Gasteiger partial charge in [0.15, 0.2) is 13.1 Å². The maximum Gasteiger partial charge on any atom is 0.335 e. The molecular weight excluding hydrogens is 384 g/mol. The van der Waals surface area contributed by atoms with Crippen LogP contribution in [0.3, 0.4) is 0 Å². The van der Waals surface area contributed by atoms with Crippen LogP contribution in [0.1, 0.15) is 26.3 Å². The lowest BCUT2D eigenvalue weighted by Gasteiger charge is -2.13. The van der Waals surface area contributed by atoms with Crippen molar-refractivity contribution in [2.75, 3.05) is 33.2 Å². The molecule has 0 aliphatic rings. The zero-order valence-corrected chi connectivity index (χ0v) is 15.7. The van der Waals surface area contributed by atoms with Crippen molar-refractivity contribution in [2.45, 2.75) is 6.61 Å². The average Bonchev–Trinajstić information content (AvgIpc) is 2.75. The number of aromatic carboxylic acids is 1. The van der Waals surface area contributed by atoms with Crippen LogP contribution in [0.4, 0.5) is 0 Å². The van der Waals surface area contributed by atoms with Gasteiger partial charge in [0, 0.05) is 0 Å². The van der Waals surface area contributed by atoms with E-state index < -0.39 is 5.97 Å². The number of rotatable bonds is 11. The predicted molar refractivity (Wildman–Crippen MR) is 102 cm³/mol. The summed E-state index contributed by atoms with van der Waals surface area (Å²) in [4.78, 5) is 22.2. The van der Waals surface area contributed by atoms with Crippen molar-refractivity contribution in [3.63, 3.8) is 0 Å². The Morgan fingerprint density at radius 1 is 0.897 bits per heavy atom. The Morgan fingerprint density at radius 2 is 1.52 bits per heavy atom. The summed E-state index contributed by atoms with van der Waals surface area (Å²) in [5.74, 6) is -0.340. The first-order valence-corrected chi connectivity index (χ1v) is 8.63. The Bertz CT molecular complexity index is 742. The van der Waals surface area contributed by atoms with Crippen LogP contribution in [0.15, 0.2) is 42.5 Å². The normalized spacial score (nSPS) is 9.90. The van der Waals surface area contributed by atoms with Crippen LogP contribution in [0.25, 0.3) is 0 Å².